The van der Waals surface area contributed by atoms with Crippen molar-refractivity contribution in [1.82, 2.24) is 9.78 Å². The van der Waals surface area contributed by atoms with Gasteiger partial charge in [-0.15, -0.1) is 11.0 Å². The Labute approximate surface area is 151 Å². The highest BCUT2D eigenvalue weighted by Crippen LogP contribution is 2.25. The minimum Gasteiger partial charge on any atom is -0.324 e. The molecule has 26 heavy (non-hydrogen) atoms. The number of halogens is 1. The van der Waals surface area contributed by atoms with E-state index in [2.05, 4.69) is 16.9 Å². The molecule has 0 spiro atoms. The third-order valence-electron chi connectivity index (χ3n) is 3.91. The Hall–Kier alpha value is -2.53. The number of carbonyl (C=O) groups excluding carboxylic acids is 1. The van der Waals surface area contributed by atoms with Gasteiger partial charge in [0.1, 0.15) is 12.3 Å². The fraction of sp³-hybridized carbons (Fsp3) is 0.368. The van der Waals surface area contributed by atoms with Gasteiger partial charge in [-0.3, -0.25) is 9.48 Å². The molecule has 0 aliphatic rings. The largest absolute Gasteiger partial charge is 0.353 e. The first kappa shape index (κ1) is 19.8. The summed E-state index contributed by atoms with van der Waals surface area (Å²) in [7, 11) is 2.52. The molecule has 2 rings (SSSR count). The van der Waals surface area contributed by atoms with Crippen LogP contribution in [-0.4, -0.2) is 42.4 Å². The SMILES string of the molecule is CC#CCOC(OC)(OC)C(=O)c1cc(F)nn1[C@H](C)c1ccccc1. The van der Waals surface area contributed by atoms with Gasteiger partial charge in [0.15, 0.2) is 0 Å². The van der Waals surface area contributed by atoms with Crippen LogP contribution >= 0.6 is 0 Å². The monoisotopic (exact) mass is 360 g/mol. The molecule has 1 aromatic carbocycles. The van der Waals surface area contributed by atoms with Crippen LogP contribution in [0.5, 0.6) is 0 Å². The van der Waals surface area contributed by atoms with Gasteiger partial charge in [-0.05, 0) is 19.4 Å². The highest BCUT2D eigenvalue weighted by Gasteiger charge is 2.44. The van der Waals surface area contributed by atoms with Crippen LogP contribution in [0.4, 0.5) is 4.39 Å². The Morgan fingerprint density at radius 2 is 1.96 bits per heavy atom. The fourth-order valence-electron chi connectivity index (χ4n) is 2.51. The maximum atomic E-state index is 13.9. The van der Waals surface area contributed by atoms with Gasteiger partial charge in [-0.1, -0.05) is 36.3 Å². The van der Waals surface area contributed by atoms with Crippen molar-refractivity contribution in [2.75, 3.05) is 20.8 Å². The van der Waals surface area contributed by atoms with E-state index in [1.807, 2.05) is 37.3 Å². The van der Waals surface area contributed by atoms with Crippen LogP contribution in [-0.2, 0) is 14.2 Å². The molecule has 0 aliphatic heterocycles. The second-order valence-corrected chi connectivity index (χ2v) is 5.39. The first-order valence-electron chi connectivity index (χ1n) is 7.97. The van der Waals surface area contributed by atoms with Crippen molar-refractivity contribution in [3.63, 3.8) is 0 Å². The number of carbonyl (C=O) groups is 1. The number of ketones is 1. The van der Waals surface area contributed by atoms with E-state index in [9.17, 15) is 9.18 Å². The topological polar surface area (TPSA) is 62.6 Å². The third-order valence-corrected chi connectivity index (χ3v) is 3.91. The number of hydrogen-bond acceptors (Lipinski definition) is 5. The molecule has 0 fully saturated rings. The summed E-state index contributed by atoms with van der Waals surface area (Å²) in [5, 5.41) is 3.82. The molecule has 0 saturated heterocycles. The van der Waals surface area contributed by atoms with Gasteiger partial charge in [0, 0.05) is 20.3 Å². The van der Waals surface area contributed by atoms with E-state index in [0.29, 0.717) is 0 Å². The summed E-state index contributed by atoms with van der Waals surface area (Å²) >= 11 is 0. The van der Waals surface area contributed by atoms with E-state index < -0.39 is 17.7 Å². The van der Waals surface area contributed by atoms with Crippen LogP contribution in [0.3, 0.4) is 0 Å². The molecule has 0 saturated carbocycles. The molecule has 0 bridgehead atoms. The summed E-state index contributed by atoms with van der Waals surface area (Å²) in [6.07, 6.45) is 0. The van der Waals surface area contributed by atoms with Crippen molar-refractivity contribution in [2.45, 2.75) is 25.9 Å². The van der Waals surface area contributed by atoms with Gasteiger partial charge in [-0.2, -0.15) is 4.39 Å². The number of nitrogens with zero attached hydrogens (tertiary/aromatic N) is 2. The van der Waals surface area contributed by atoms with Crippen LogP contribution in [0.2, 0.25) is 0 Å². The van der Waals surface area contributed by atoms with Gasteiger partial charge < -0.3 is 14.2 Å². The second kappa shape index (κ2) is 8.72. The lowest BCUT2D eigenvalue weighted by Gasteiger charge is -2.28. The molecule has 6 nitrogen and oxygen atoms in total. The summed E-state index contributed by atoms with van der Waals surface area (Å²) in [6.45, 7) is 3.36. The third kappa shape index (κ3) is 3.99. The van der Waals surface area contributed by atoms with Crippen LogP contribution < -0.4 is 0 Å². The number of Topliss-reactive ketones (excluding diaryl/α,β-unsaturated/α-hetero) is 1. The number of benzene rings is 1. The van der Waals surface area contributed by atoms with Crippen molar-refractivity contribution in [3.8, 4) is 11.8 Å². The Morgan fingerprint density at radius 1 is 1.31 bits per heavy atom. The predicted octanol–water partition coefficient (Wildman–Crippen LogP) is 2.80. The van der Waals surface area contributed by atoms with Gasteiger partial charge in [-0.25, -0.2) is 0 Å². The number of hydrogen-bond donors (Lipinski definition) is 0. The first-order valence-corrected chi connectivity index (χ1v) is 7.97. The molecule has 138 valence electrons. The van der Waals surface area contributed by atoms with Crippen molar-refractivity contribution in [2.24, 2.45) is 0 Å². The van der Waals surface area contributed by atoms with E-state index in [4.69, 9.17) is 14.2 Å². The summed E-state index contributed by atoms with van der Waals surface area (Å²) < 4.78 is 30.9. The van der Waals surface area contributed by atoms with E-state index in [1.54, 1.807) is 6.92 Å². The Balaban J connectivity index is 2.43. The van der Waals surface area contributed by atoms with Crippen molar-refractivity contribution >= 4 is 5.78 Å². The molecular formula is C19H21FN2O4. The first-order chi connectivity index (χ1) is 12.5. The van der Waals surface area contributed by atoms with E-state index in [1.165, 1.54) is 18.9 Å². The standard InChI is InChI=1S/C19H21FN2O4/c1-5-6-12-26-19(24-3,25-4)18(23)16-13-17(20)21-22(16)14(2)15-10-8-7-9-11-15/h7-11,13-14H,12H2,1-4H3/t14-/m1/s1. The Kier molecular flexibility index (Phi) is 6.64. The molecule has 1 heterocycles. The zero-order valence-electron chi connectivity index (χ0n) is 15.2. The van der Waals surface area contributed by atoms with Crippen LogP contribution in [0, 0.1) is 17.8 Å². The van der Waals surface area contributed by atoms with E-state index >= 15 is 0 Å². The lowest BCUT2D eigenvalue weighted by Crippen LogP contribution is -2.46. The average molecular weight is 360 g/mol. The number of methoxy groups -OCH3 is 2. The number of aromatic nitrogens is 2. The summed E-state index contributed by atoms with van der Waals surface area (Å²) in [5.74, 6) is 1.78. The molecule has 0 radical (unpaired) electrons. The molecule has 7 heteroatoms. The van der Waals surface area contributed by atoms with Crippen LogP contribution in [0.15, 0.2) is 36.4 Å². The minimum absolute atomic E-state index is 0.0352. The number of ether oxygens (including phenoxy) is 3. The van der Waals surface area contributed by atoms with Gasteiger partial charge in [0.05, 0.1) is 6.04 Å². The molecule has 0 unspecified atom stereocenters. The van der Waals surface area contributed by atoms with Crippen molar-refractivity contribution in [3.05, 3.63) is 53.6 Å². The zero-order chi connectivity index (χ0) is 19.2. The smallest absolute Gasteiger partial charge is 0.324 e. The van der Waals surface area contributed by atoms with Crippen LogP contribution in [0.25, 0.3) is 0 Å². The molecule has 0 amide bonds. The van der Waals surface area contributed by atoms with Crippen molar-refractivity contribution in [1.29, 1.82) is 0 Å². The molecule has 1 aromatic heterocycles. The normalized spacial score (nSPS) is 12.3. The average Bonchev–Trinajstić information content (AvgIpc) is 3.07. The maximum absolute atomic E-state index is 13.9. The summed E-state index contributed by atoms with van der Waals surface area (Å²) in [5.41, 5.74) is 0.829. The second-order valence-electron chi connectivity index (χ2n) is 5.39. The highest BCUT2D eigenvalue weighted by atomic mass is 19.1. The van der Waals surface area contributed by atoms with Gasteiger partial charge >= 0.3 is 5.97 Å². The quantitative estimate of drug-likeness (QED) is 0.412. The molecule has 1 atom stereocenters. The molecular weight excluding hydrogens is 339 g/mol. The highest BCUT2D eigenvalue weighted by molar-refractivity contribution is 5.99. The Morgan fingerprint density at radius 3 is 2.54 bits per heavy atom. The molecule has 0 aliphatic carbocycles. The van der Waals surface area contributed by atoms with Gasteiger partial charge in [0.2, 0.25) is 5.95 Å². The summed E-state index contributed by atoms with van der Waals surface area (Å²) in [6, 6.07) is 9.96. The molecule has 2 aromatic rings. The van der Waals surface area contributed by atoms with Gasteiger partial charge in [0.25, 0.3) is 5.78 Å². The molecule has 0 N–H and O–H groups in total. The zero-order valence-corrected chi connectivity index (χ0v) is 15.2. The van der Waals surface area contributed by atoms with Crippen molar-refractivity contribution < 1.29 is 23.4 Å². The summed E-state index contributed by atoms with van der Waals surface area (Å²) in [4.78, 5) is 13.0. The Bertz CT molecular complexity index is 804. The van der Waals surface area contributed by atoms with E-state index in [0.717, 1.165) is 11.6 Å². The fourth-order valence-corrected chi connectivity index (χ4v) is 2.51. The van der Waals surface area contributed by atoms with Crippen LogP contribution in [0.1, 0.15) is 35.9 Å². The minimum atomic E-state index is -2.04. The lowest BCUT2D eigenvalue weighted by molar-refractivity contribution is -0.318. The predicted molar refractivity (Wildman–Crippen MR) is 92.9 cm³/mol. The lowest BCUT2D eigenvalue weighted by atomic mass is 10.1. The number of rotatable bonds is 8. The maximum Gasteiger partial charge on any atom is 0.353 e. The van der Waals surface area contributed by atoms with E-state index in [-0.39, 0.29) is 18.3 Å².